The first-order valence-electron chi connectivity index (χ1n) is 6.18. The van der Waals surface area contributed by atoms with Gasteiger partial charge in [-0.1, -0.05) is 29.8 Å². The minimum Gasteiger partial charge on any atom is -0.339 e. The van der Waals surface area contributed by atoms with Crippen molar-refractivity contribution in [2.75, 3.05) is 23.4 Å². The molecule has 2 nitrogen and oxygen atoms in total. The van der Waals surface area contributed by atoms with Crippen molar-refractivity contribution >= 4 is 33.6 Å². The predicted molar refractivity (Wildman–Crippen MR) is 75.3 cm³/mol. The molecule has 1 unspecified atom stereocenters. The minimum absolute atomic E-state index is 0.282. The molecule has 4 heteroatoms. The number of rotatable bonds is 6. The first-order valence-corrected chi connectivity index (χ1v) is 8.46. The highest BCUT2D eigenvalue weighted by molar-refractivity contribution is 9.09. The molecular formula is C12H22BrNOS. The van der Waals surface area contributed by atoms with E-state index in [1.165, 1.54) is 0 Å². The summed E-state index contributed by atoms with van der Waals surface area (Å²) in [6.45, 7) is 5.20. The summed E-state index contributed by atoms with van der Waals surface area (Å²) in [7, 11) is 0. The second-order valence-corrected chi connectivity index (χ2v) is 6.19. The van der Waals surface area contributed by atoms with Crippen molar-refractivity contribution in [3.63, 3.8) is 0 Å². The van der Waals surface area contributed by atoms with E-state index in [1.54, 1.807) is 0 Å². The van der Waals surface area contributed by atoms with Crippen molar-refractivity contribution in [2.24, 2.45) is 5.92 Å². The summed E-state index contributed by atoms with van der Waals surface area (Å²) in [4.78, 5) is 14.5. The van der Waals surface area contributed by atoms with Crippen LogP contribution in [0.15, 0.2) is 0 Å². The zero-order valence-corrected chi connectivity index (χ0v) is 12.6. The first kappa shape index (κ1) is 14.4. The number of carbonyl (C=O) groups is 1. The van der Waals surface area contributed by atoms with Gasteiger partial charge >= 0.3 is 0 Å². The number of alkyl halides is 1. The molecule has 1 fully saturated rings. The van der Waals surface area contributed by atoms with Crippen molar-refractivity contribution in [1.82, 2.24) is 4.90 Å². The minimum atomic E-state index is 0.282. The lowest BCUT2D eigenvalue weighted by molar-refractivity contribution is -0.137. The van der Waals surface area contributed by atoms with Crippen molar-refractivity contribution in [2.45, 2.75) is 39.2 Å². The average Bonchev–Trinajstić information content (AvgIpc) is 2.82. The van der Waals surface area contributed by atoms with E-state index < -0.39 is 0 Å². The summed E-state index contributed by atoms with van der Waals surface area (Å²) < 4.78 is 0. The lowest BCUT2D eigenvalue weighted by atomic mass is 10.0. The number of carbonyl (C=O) groups excluding carboxylic acids is 1. The second-order valence-electron chi connectivity index (χ2n) is 4.25. The number of nitrogens with zero attached hydrogens (tertiary/aromatic N) is 1. The summed E-state index contributed by atoms with van der Waals surface area (Å²) in [5, 5.41) is 0.884. The Labute approximate surface area is 112 Å². The SMILES string of the molecule is CCC(CC)N(CCBr)C(=O)C1CCSC1. The predicted octanol–water partition coefficient (Wildman–Crippen LogP) is 3.15. The van der Waals surface area contributed by atoms with Crippen molar-refractivity contribution < 1.29 is 4.79 Å². The molecule has 0 radical (unpaired) electrons. The normalized spacial score (nSPS) is 20.4. The topological polar surface area (TPSA) is 20.3 Å². The molecule has 0 aliphatic carbocycles. The zero-order valence-electron chi connectivity index (χ0n) is 10.2. The quantitative estimate of drug-likeness (QED) is 0.703. The fourth-order valence-corrected chi connectivity index (χ4v) is 3.85. The van der Waals surface area contributed by atoms with Crippen LogP contribution in [0.4, 0.5) is 0 Å². The van der Waals surface area contributed by atoms with Crippen LogP contribution in [0.5, 0.6) is 0 Å². The van der Waals surface area contributed by atoms with E-state index in [1.807, 2.05) is 11.8 Å². The summed E-state index contributed by atoms with van der Waals surface area (Å²) in [6.07, 6.45) is 3.20. The Bertz CT molecular complexity index is 215. The van der Waals surface area contributed by atoms with Gasteiger partial charge < -0.3 is 4.90 Å². The van der Waals surface area contributed by atoms with E-state index in [-0.39, 0.29) is 5.92 Å². The third-order valence-corrected chi connectivity index (χ3v) is 4.79. The summed E-state index contributed by atoms with van der Waals surface area (Å²) in [6, 6.07) is 0.427. The fourth-order valence-electron chi connectivity index (χ4n) is 2.26. The molecular weight excluding hydrogens is 286 g/mol. The Hall–Kier alpha value is 0.300. The summed E-state index contributed by atoms with van der Waals surface area (Å²) in [5.41, 5.74) is 0. The molecule has 1 aliphatic heterocycles. The molecule has 1 saturated heterocycles. The maximum absolute atomic E-state index is 12.4. The van der Waals surface area contributed by atoms with Crippen molar-refractivity contribution in [1.29, 1.82) is 0 Å². The third kappa shape index (κ3) is 3.66. The van der Waals surface area contributed by atoms with Gasteiger partial charge in [0.2, 0.25) is 5.91 Å². The molecule has 0 aromatic carbocycles. The molecule has 1 heterocycles. The smallest absolute Gasteiger partial charge is 0.226 e. The molecule has 16 heavy (non-hydrogen) atoms. The average molecular weight is 308 g/mol. The molecule has 0 bridgehead atoms. The van der Waals surface area contributed by atoms with Crippen LogP contribution in [0.25, 0.3) is 0 Å². The molecule has 1 amide bonds. The monoisotopic (exact) mass is 307 g/mol. The van der Waals surface area contributed by atoms with Crippen LogP contribution in [-0.2, 0) is 4.79 Å². The highest BCUT2D eigenvalue weighted by Crippen LogP contribution is 2.26. The number of hydrogen-bond acceptors (Lipinski definition) is 2. The zero-order chi connectivity index (χ0) is 12.0. The van der Waals surface area contributed by atoms with Gasteiger partial charge in [-0.15, -0.1) is 0 Å². The van der Waals surface area contributed by atoms with E-state index in [9.17, 15) is 4.79 Å². The standard InChI is InChI=1S/C12H22BrNOS/c1-3-11(4-2)14(7-6-13)12(15)10-5-8-16-9-10/h10-11H,3-9H2,1-2H3. The largest absolute Gasteiger partial charge is 0.339 e. The molecule has 94 valence electrons. The molecule has 0 aromatic heterocycles. The van der Waals surface area contributed by atoms with E-state index in [2.05, 4.69) is 34.7 Å². The van der Waals surface area contributed by atoms with Crippen molar-refractivity contribution in [3.05, 3.63) is 0 Å². The fraction of sp³-hybridized carbons (Fsp3) is 0.917. The van der Waals surface area contributed by atoms with Crippen LogP contribution in [0.2, 0.25) is 0 Å². The van der Waals surface area contributed by atoms with Gasteiger partial charge in [-0.3, -0.25) is 4.79 Å². The Morgan fingerprint density at radius 3 is 2.62 bits per heavy atom. The van der Waals surface area contributed by atoms with E-state index in [0.717, 1.165) is 42.6 Å². The molecule has 1 aliphatic rings. The van der Waals surface area contributed by atoms with Crippen LogP contribution in [0.3, 0.4) is 0 Å². The Morgan fingerprint density at radius 1 is 1.50 bits per heavy atom. The third-order valence-electron chi connectivity index (χ3n) is 3.27. The van der Waals surface area contributed by atoms with Crippen LogP contribution >= 0.6 is 27.7 Å². The molecule has 0 spiro atoms. The highest BCUT2D eigenvalue weighted by atomic mass is 79.9. The van der Waals surface area contributed by atoms with Crippen LogP contribution in [-0.4, -0.2) is 40.2 Å². The van der Waals surface area contributed by atoms with Gasteiger partial charge in [-0.25, -0.2) is 0 Å². The maximum atomic E-state index is 12.4. The molecule has 0 N–H and O–H groups in total. The number of hydrogen-bond donors (Lipinski definition) is 0. The molecule has 1 rings (SSSR count). The molecule has 1 atom stereocenters. The van der Waals surface area contributed by atoms with Crippen LogP contribution in [0.1, 0.15) is 33.1 Å². The number of amides is 1. The van der Waals surface area contributed by atoms with Crippen LogP contribution in [0, 0.1) is 5.92 Å². The van der Waals surface area contributed by atoms with E-state index in [0.29, 0.717) is 11.9 Å². The second kappa shape index (κ2) is 7.59. The maximum Gasteiger partial charge on any atom is 0.226 e. The highest BCUT2D eigenvalue weighted by Gasteiger charge is 2.30. The van der Waals surface area contributed by atoms with Gasteiger partial charge in [-0.2, -0.15) is 11.8 Å². The van der Waals surface area contributed by atoms with Crippen LogP contribution < -0.4 is 0 Å². The van der Waals surface area contributed by atoms with Gasteiger partial charge in [0.25, 0.3) is 0 Å². The van der Waals surface area contributed by atoms with Gasteiger partial charge in [0.05, 0.1) is 0 Å². The van der Waals surface area contributed by atoms with Gasteiger partial charge in [0, 0.05) is 29.6 Å². The number of thioether (sulfide) groups is 1. The van der Waals surface area contributed by atoms with E-state index >= 15 is 0 Å². The Balaban J connectivity index is 2.63. The van der Waals surface area contributed by atoms with Gasteiger partial charge in [0.15, 0.2) is 0 Å². The Morgan fingerprint density at radius 2 is 2.19 bits per heavy atom. The van der Waals surface area contributed by atoms with Crippen molar-refractivity contribution in [3.8, 4) is 0 Å². The van der Waals surface area contributed by atoms with E-state index in [4.69, 9.17) is 0 Å². The summed E-state index contributed by atoms with van der Waals surface area (Å²) >= 11 is 5.37. The number of halogens is 1. The lowest BCUT2D eigenvalue weighted by Gasteiger charge is -2.32. The van der Waals surface area contributed by atoms with Gasteiger partial charge in [0.1, 0.15) is 0 Å². The summed E-state index contributed by atoms with van der Waals surface area (Å²) in [5.74, 6) is 2.85. The first-order chi connectivity index (χ1) is 7.74. The Kier molecular flexibility index (Phi) is 6.81. The van der Waals surface area contributed by atoms with Gasteiger partial charge in [-0.05, 0) is 25.0 Å². The molecule has 0 aromatic rings. The molecule has 0 saturated carbocycles. The lowest BCUT2D eigenvalue weighted by Crippen LogP contribution is -2.44.